The van der Waals surface area contributed by atoms with E-state index in [1.165, 1.54) is 6.42 Å². The Labute approximate surface area is 71.0 Å². The third-order valence-electron chi connectivity index (χ3n) is 4.26. The first-order valence-electron chi connectivity index (χ1n) is 4.85. The predicted octanol–water partition coefficient (Wildman–Crippen LogP) is 0.553. The van der Waals surface area contributed by atoms with Gasteiger partial charge in [-0.2, -0.15) is 0 Å². The second kappa shape index (κ2) is 1.48. The van der Waals surface area contributed by atoms with Gasteiger partial charge in [0.15, 0.2) is 0 Å². The molecule has 1 saturated heterocycles. The van der Waals surface area contributed by atoms with Crippen LogP contribution < -0.4 is 5.32 Å². The van der Waals surface area contributed by atoms with E-state index in [-0.39, 0.29) is 0 Å². The molecule has 62 valence electrons. The molecule has 2 bridgehead atoms. The first-order chi connectivity index (χ1) is 5.86. The number of rotatable bonds is 0. The van der Waals surface area contributed by atoms with Crippen LogP contribution in [0.2, 0.25) is 0 Å². The number of hydrogen-bond acceptors (Lipinski definition) is 1. The maximum absolute atomic E-state index is 11.3. The Balaban J connectivity index is 1.85. The lowest BCUT2D eigenvalue weighted by Gasteiger charge is -2.50. The summed E-state index contributed by atoms with van der Waals surface area (Å²) in [4.78, 5) is 11.3. The van der Waals surface area contributed by atoms with Gasteiger partial charge in [0.05, 0.1) is 5.92 Å². The van der Waals surface area contributed by atoms with Crippen LogP contribution in [0.3, 0.4) is 0 Å². The maximum Gasteiger partial charge on any atom is 0.226 e. The van der Waals surface area contributed by atoms with Gasteiger partial charge in [-0.1, -0.05) is 12.2 Å². The number of amides is 1. The molecule has 2 nitrogen and oxygen atoms in total. The number of β-lactam (4-membered cyclic amide) rings is 1. The van der Waals surface area contributed by atoms with Crippen LogP contribution in [-0.4, -0.2) is 11.9 Å². The van der Waals surface area contributed by atoms with E-state index < -0.39 is 0 Å². The molecule has 0 aromatic carbocycles. The Morgan fingerprint density at radius 3 is 2.83 bits per heavy atom. The summed E-state index contributed by atoms with van der Waals surface area (Å²) < 4.78 is 0. The molecule has 5 aliphatic rings. The Morgan fingerprint density at radius 1 is 1.25 bits per heavy atom. The average Bonchev–Trinajstić information content (AvgIpc) is 2.81. The monoisotopic (exact) mass is 161 g/mol. The molecule has 1 N–H and O–H groups in total. The minimum atomic E-state index is 0.310. The van der Waals surface area contributed by atoms with Crippen LogP contribution in [0.1, 0.15) is 6.42 Å². The van der Waals surface area contributed by atoms with Gasteiger partial charge in [0.1, 0.15) is 0 Å². The molecule has 3 fully saturated rings. The van der Waals surface area contributed by atoms with Gasteiger partial charge >= 0.3 is 0 Å². The van der Waals surface area contributed by atoms with E-state index in [0.29, 0.717) is 29.7 Å². The summed E-state index contributed by atoms with van der Waals surface area (Å²) in [5.41, 5.74) is 0. The van der Waals surface area contributed by atoms with Crippen molar-refractivity contribution in [2.24, 2.45) is 29.6 Å². The number of allylic oxidation sites excluding steroid dienone is 1. The lowest BCUT2D eigenvalue weighted by molar-refractivity contribution is -0.142. The molecule has 12 heavy (non-hydrogen) atoms. The smallest absolute Gasteiger partial charge is 0.226 e. The maximum atomic E-state index is 11.3. The summed E-state index contributed by atoms with van der Waals surface area (Å²) in [6.45, 7) is 0. The van der Waals surface area contributed by atoms with Crippen LogP contribution in [0, 0.1) is 29.6 Å². The Kier molecular flexibility index (Phi) is 0.713. The average molecular weight is 161 g/mol. The van der Waals surface area contributed by atoms with Crippen molar-refractivity contribution in [3.05, 3.63) is 12.2 Å². The molecular weight excluding hydrogens is 150 g/mol. The highest BCUT2D eigenvalue weighted by molar-refractivity contribution is 5.87. The molecule has 0 spiro atoms. The van der Waals surface area contributed by atoms with Crippen LogP contribution in [0.15, 0.2) is 12.2 Å². The first-order valence-corrected chi connectivity index (χ1v) is 4.85. The third kappa shape index (κ3) is 0.425. The van der Waals surface area contributed by atoms with Crippen molar-refractivity contribution < 1.29 is 4.79 Å². The number of hydrogen-bond donors (Lipinski definition) is 1. The van der Waals surface area contributed by atoms with Gasteiger partial charge in [-0.3, -0.25) is 4.79 Å². The second-order valence-electron chi connectivity index (χ2n) is 4.66. The van der Waals surface area contributed by atoms with E-state index in [9.17, 15) is 4.79 Å². The van der Waals surface area contributed by atoms with Crippen molar-refractivity contribution in [2.45, 2.75) is 12.5 Å². The van der Waals surface area contributed by atoms with Crippen molar-refractivity contribution in [1.82, 2.24) is 5.32 Å². The van der Waals surface area contributed by atoms with E-state index in [2.05, 4.69) is 17.5 Å². The minimum Gasteiger partial charge on any atom is -0.352 e. The van der Waals surface area contributed by atoms with Crippen molar-refractivity contribution in [3.63, 3.8) is 0 Å². The molecule has 2 heteroatoms. The zero-order chi connectivity index (χ0) is 7.87. The van der Waals surface area contributed by atoms with Gasteiger partial charge in [0.2, 0.25) is 5.91 Å². The van der Waals surface area contributed by atoms with Crippen molar-refractivity contribution in [2.75, 3.05) is 0 Å². The van der Waals surface area contributed by atoms with E-state index in [4.69, 9.17) is 0 Å². The highest BCUT2D eigenvalue weighted by Gasteiger charge is 2.64. The van der Waals surface area contributed by atoms with Gasteiger partial charge in [-0.25, -0.2) is 0 Å². The molecule has 2 saturated carbocycles. The highest BCUT2D eigenvalue weighted by atomic mass is 16.2. The summed E-state index contributed by atoms with van der Waals surface area (Å²) in [5, 5.41) is 3.04. The lowest BCUT2D eigenvalue weighted by atomic mass is 9.62. The second-order valence-corrected chi connectivity index (χ2v) is 4.66. The Bertz CT molecular complexity index is 309. The summed E-state index contributed by atoms with van der Waals surface area (Å²) in [6, 6.07) is 0.524. The fraction of sp³-hybridized carbons (Fsp3) is 0.700. The number of carbonyl (C=O) groups excluding carboxylic acids is 1. The fourth-order valence-corrected chi connectivity index (χ4v) is 3.60. The molecule has 4 aliphatic carbocycles. The normalized spacial score (nSPS) is 63.2. The van der Waals surface area contributed by atoms with Crippen molar-refractivity contribution in [1.29, 1.82) is 0 Å². The zero-order valence-electron chi connectivity index (χ0n) is 6.73. The zero-order valence-corrected chi connectivity index (χ0v) is 6.73. The van der Waals surface area contributed by atoms with Crippen LogP contribution in [0.4, 0.5) is 0 Å². The standard InChI is InChI=1S/C10H11NO/c12-10-8-4-1-2-5(9(8)11-10)7-3-6(4)7/h1-2,4-9H,3H2,(H,11,12)/t4-,5-,6-,7+,8+,9+/m0/s1. The number of carbonyl (C=O) groups is 1. The van der Waals surface area contributed by atoms with E-state index >= 15 is 0 Å². The molecule has 0 radical (unpaired) electrons. The molecule has 5 rings (SSSR count). The Morgan fingerprint density at radius 2 is 2.00 bits per heavy atom. The molecule has 1 heterocycles. The van der Waals surface area contributed by atoms with Crippen LogP contribution in [-0.2, 0) is 4.79 Å². The molecule has 1 amide bonds. The first kappa shape index (κ1) is 5.79. The summed E-state index contributed by atoms with van der Waals surface area (Å²) >= 11 is 0. The van der Waals surface area contributed by atoms with Gasteiger partial charge in [0.25, 0.3) is 0 Å². The van der Waals surface area contributed by atoms with Crippen LogP contribution in [0.5, 0.6) is 0 Å². The van der Waals surface area contributed by atoms with Gasteiger partial charge < -0.3 is 5.32 Å². The predicted molar refractivity (Wildman–Crippen MR) is 43.1 cm³/mol. The largest absolute Gasteiger partial charge is 0.352 e. The van der Waals surface area contributed by atoms with Crippen LogP contribution in [0.25, 0.3) is 0 Å². The summed E-state index contributed by atoms with van der Waals surface area (Å²) in [5.74, 6) is 3.80. The molecule has 0 unspecified atom stereocenters. The SMILES string of the molecule is O=C1N[C@@H]2[C@H]3C=C[C@@H]([C@@H]4C[C@H]34)[C@@H]12. The minimum absolute atomic E-state index is 0.310. The van der Waals surface area contributed by atoms with Crippen molar-refractivity contribution in [3.8, 4) is 0 Å². The quantitative estimate of drug-likeness (QED) is 0.408. The molecule has 0 aromatic rings. The van der Waals surface area contributed by atoms with E-state index in [1.54, 1.807) is 0 Å². The summed E-state index contributed by atoms with van der Waals surface area (Å²) in [7, 11) is 0. The lowest BCUT2D eigenvalue weighted by Crippen LogP contribution is -2.67. The van der Waals surface area contributed by atoms with E-state index in [0.717, 1.165) is 11.8 Å². The van der Waals surface area contributed by atoms with Gasteiger partial charge in [0, 0.05) is 12.0 Å². The highest BCUT2D eigenvalue weighted by Crippen LogP contribution is 2.63. The van der Waals surface area contributed by atoms with Crippen molar-refractivity contribution >= 4 is 5.91 Å². The summed E-state index contributed by atoms with van der Waals surface area (Å²) in [6.07, 6.45) is 6.03. The molecular formula is C10H11NO. The molecule has 1 aliphatic heterocycles. The van der Waals surface area contributed by atoms with E-state index in [1.807, 2.05) is 0 Å². The van der Waals surface area contributed by atoms with Crippen LogP contribution >= 0.6 is 0 Å². The van der Waals surface area contributed by atoms with Gasteiger partial charge in [-0.15, -0.1) is 0 Å². The molecule has 0 aromatic heterocycles. The fourth-order valence-electron chi connectivity index (χ4n) is 3.60. The number of nitrogens with one attached hydrogen (secondary N) is 1. The topological polar surface area (TPSA) is 29.1 Å². The third-order valence-corrected chi connectivity index (χ3v) is 4.26. The Hall–Kier alpha value is -0.790. The van der Waals surface area contributed by atoms with Gasteiger partial charge in [-0.05, 0) is 24.2 Å². The molecule has 6 atom stereocenters.